The van der Waals surface area contributed by atoms with Crippen molar-refractivity contribution in [3.63, 3.8) is 0 Å². The maximum atomic E-state index is 5.58. The Morgan fingerprint density at radius 2 is 2.30 bits per heavy atom. The van der Waals surface area contributed by atoms with Gasteiger partial charge in [0.1, 0.15) is 5.82 Å². The number of anilines is 1. The lowest BCUT2D eigenvalue weighted by Gasteiger charge is -2.14. The van der Waals surface area contributed by atoms with Crippen molar-refractivity contribution in [2.24, 2.45) is 0 Å². The summed E-state index contributed by atoms with van der Waals surface area (Å²) >= 11 is 5.35. The van der Waals surface area contributed by atoms with Gasteiger partial charge in [-0.1, -0.05) is 12.1 Å². The van der Waals surface area contributed by atoms with Gasteiger partial charge in [0, 0.05) is 30.6 Å². The van der Waals surface area contributed by atoms with Crippen molar-refractivity contribution in [1.29, 1.82) is 0 Å². The van der Waals surface area contributed by atoms with E-state index in [4.69, 9.17) is 17.0 Å². The molecule has 2 N–H and O–H groups in total. The Balaban J connectivity index is 1.61. The van der Waals surface area contributed by atoms with Crippen LogP contribution in [0.3, 0.4) is 0 Å². The molecule has 2 heterocycles. The van der Waals surface area contributed by atoms with Gasteiger partial charge in [0.15, 0.2) is 5.11 Å². The molecular formula is C17H20N4OS. The number of aromatic nitrogens is 2. The zero-order chi connectivity index (χ0) is 16.1. The van der Waals surface area contributed by atoms with E-state index in [2.05, 4.69) is 20.6 Å². The number of rotatable bonds is 4. The Labute approximate surface area is 141 Å². The summed E-state index contributed by atoms with van der Waals surface area (Å²) in [6.07, 6.45) is 4.27. The fourth-order valence-corrected chi connectivity index (χ4v) is 2.76. The Hall–Kier alpha value is -2.05. The van der Waals surface area contributed by atoms with Crippen molar-refractivity contribution in [3.05, 3.63) is 42.4 Å². The maximum Gasteiger partial charge on any atom is 0.170 e. The van der Waals surface area contributed by atoms with Crippen molar-refractivity contribution in [1.82, 2.24) is 15.3 Å². The van der Waals surface area contributed by atoms with Gasteiger partial charge in [-0.05, 0) is 50.2 Å². The van der Waals surface area contributed by atoms with Crippen molar-refractivity contribution < 1.29 is 4.74 Å². The number of hydrogen-bond donors (Lipinski definition) is 2. The third kappa shape index (κ3) is 4.46. The molecule has 1 aliphatic rings. The third-order valence-corrected chi connectivity index (χ3v) is 3.95. The number of nitrogens with zero attached hydrogens (tertiary/aromatic N) is 2. The summed E-state index contributed by atoms with van der Waals surface area (Å²) in [5.41, 5.74) is 2.87. The molecule has 1 aliphatic heterocycles. The van der Waals surface area contributed by atoms with Gasteiger partial charge in [0.25, 0.3) is 0 Å². The first-order valence-corrected chi connectivity index (χ1v) is 8.18. The number of benzene rings is 1. The topological polar surface area (TPSA) is 59.1 Å². The van der Waals surface area contributed by atoms with E-state index in [1.165, 1.54) is 0 Å². The molecule has 23 heavy (non-hydrogen) atoms. The molecule has 3 rings (SSSR count). The molecule has 0 radical (unpaired) electrons. The molecule has 0 aliphatic carbocycles. The van der Waals surface area contributed by atoms with Crippen molar-refractivity contribution >= 4 is 23.0 Å². The van der Waals surface area contributed by atoms with Crippen LogP contribution in [0.4, 0.5) is 5.69 Å². The normalized spacial score (nSPS) is 17.0. The summed E-state index contributed by atoms with van der Waals surface area (Å²) < 4.78 is 5.58. The zero-order valence-electron chi connectivity index (χ0n) is 13.1. The molecule has 0 spiro atoms. The van der Waals surface area contributed by atoms with E-state index in [1.54, 1.807) is 6.20 Å². The zero-order valence-corrected chi connectivity index (χ0v) is 13.9. The summed E-state index contributed by atoms with van der Waals surface area (Å²) in [5.74, 6) is 0.759. The summed E-state index contributed by atoms with van der Waals surface area (Å²) in [6.45, 7) is 3.49. The Bertz CT molecular complexity index is 686. The first-order chi connectivity index (χ1) is 11.2. The quantitative estimate of drug-likeness (QED) is 0.842. The van der Waals surface area contributed by atoms with Gasteiger partial charge < -0.3 is 15.4 Å². The van der Waals surface area contributed by atoms with E-state index in [0.717, 1.165) is 48.8 Å². The van der Waals surface area contributed by atoms with Crippen molar-refractivity contribution in [3.8, 4) is 11.3 Å². The fraction of sp³-hybridized carbons (Fsp3) is 0.353. The number of ether oxygens (including phenoxy) is 1. The van der Waals surface area contributed by atoms with Crippen LogP contribution in [0.2, 0.25) is 0 Å². The molecule has 6 heteroatoms. The van der Waals surface area contributed by atoms with Crippen LogP contribution in [0, 0.1) is 6.92 Å². The molecule has 2 aromatic rings. The Morgan fingerprint density at radius 3 is 3.09 bits per heavy atom. The summed E-state index contributed by atoms with van der Waals surface area (Å²) in [4.78, 5) is 8.58. The SMILES string of the molecule is Cc1nccc(-c2cccc(NC(=S)NCC3CCCO3)c2)n1. The van der Waals surface area contributed by atoms with E-state index in [0.29, 0.717) is 5.11 Å². The molecule has 120 valence electrons. The average molecular weight is 328 g/mol. The molecule has 1 aromatic heterocycles. The number of nitrogens with one attached hydrogen (secondary N) is 2. The molecule has 1 saturated heterocycles. The van der Waals surface area contributed by atoms with Crippen LogP contribution in [0.25, 0.3) is 11.3 Å². The summed E-state index contributed by atoms with van der Waals surface area (Å²) in [6, 6.07) is 9.92. The van der Waals surface area contributed by atoms with Gasteiger partial charge in [0.2, 0.25) is 0 Å². The van der Waals surface area contributed by atoms with Gasteiger partial charge in [-0.2, -0.15) is 0 Å². The first kappa shape index (κ1) is 15.8. The van der Waals surface area contributed by atoms with Gasteiger partial charge in [-0.3, -0.25) is 0 Å². The molecular weight excluding hydrogens is 308 g/mol. The largest absolute Gasteiger partial charge is 0.376 e. The molecule has 1 unspecified atom stereocenters. The first-order valence-electron chi connectivity index (χ1n) is 7.77. The van der Waals surface area contributed by atoms with Gasteiger partial charge in [0.05, 0.1) is 11.8 Å². The Kier molecular flexibility index (Phi) is 5.15. The standard InChI is InChI=1S/C17H20N4OS/c1-12-18-8-7-16(20-12)13-4-2-5-14(10-13)21-17(23)19-11-15-6-3-9-22-15/h2,4-5,7-8,10,15H,3,6,9,11H2,1H3,(H2,19,21,23). The van der Waals surface area contributed by atoms with E-state index in [-0.39, 0.29) is 6.10 Å². The molecule has 1 aromatic carbocycles. The highest BCUT2D eigenvalue weighted by Crippen LogP contribution is 2.20. The highest BCUT2D eigenvalue weighted by Gasteiger charge is 2.15. The minimum absolute atomic E-state index is 0.269. The second kappa shape index (κ2) is 7.48. The average Bonchev–Trinajstić information content (AvgIpc) is 3.07. The van der Waals surface area contributed by atoms with E-state index in [1.807, 2.05) is 37.3 Å². The minimum Gasteiger partial charge on any atom is -0.376 e. The predicted octanol–water partition coefficient (Wildman–Crippen LogP) is 2.92. The lowest BCUT2D eigenvalue weighted by Crippen LogP contribution is -2.34. The van der Waals surface area contributed by atoms with Crippen molar-refractivity contribution in [2.45, 2.75) is 25.9 Å². The summed E-state index contributed by atoms with van der Waals surface area (Å²) in [7, 11) is 0. The lowest BCUT2D eigenvalue weighted by atomic mass is 10.1. The number of hydrogen-bond acceptors (Lipinski definition) is 4. The fourth-order valence-electron chi connectivity index (χ4n) is 2.56. The molecule has 0 amide bonds. The molecule has 1 atom stereocenters. The van der Waals surface area contributed by atoms with Crippen LogP contribution >= 0.6 is 12.2 Å². The number of thiocarbonyl (C=S) groups is 1. The molecule has 0 bridgehead atoms. The molecule has 1 fully saturated rings. The van der Waals surface area contributed by atoms with E-state index >= 15 is 0 Å². The second-order valence-corrected chi connectivity index (χ2v) is 5.95. The molecule has 5 nitrogen and oxygen atoms in total. The van der Waals surface area contributed by atoms with E-state index < -0.39 is 0 Å². The minimum atomic E-state index is 0.269. The van der Waals surface area contributed by atoms with Gasteiger partial charge in [-0.15, -0.1) is 0 Å². The summed E-state index contributed by atoms with van der Waals surface area (Å²) in [5, 5.41) is 7.03. The third-order valence-electron chi connectivity index (χ3n) is 3.71. The van der Waals surface area contributed by atoms with Crippen LogP contribution in [-0.2, 0) is 4.74 Å². The smallest absolute Gasteiger partial charge is 0.170 e. The van der Waals surface area contributed by atoms with Crippen LogP contribution < -0.4 is 10.6 Å². The Morgan fingerprint density at radius 1 is 1.39 bits per heavy atom. The van der Waals surface area contributed by atoms with Crippen LogP contribution in [0.15, 0.2) is 36.5 Å². The van der Waals surface area contributed by atoms with Crippen LogP contribution in [-0.4, -0.2) is 34.3 Å². The maximum absolute atomic E-state index is 5.58. The predicted molar refractivity (Wildman–Crippen MR) is 95.4 cm³/mol. The van der Waals surface area contributed by atoms with Crippen molar-refractivity contribution in [2.75, 3.05) is 18.5 Å². The van der Waals surface area contributed by atoms with Gasteiger partial charge in [-0.25, -0.2) is 9.97 Å². The highest BCUT2D eigenvalue weighted by atomic mass is 32.1. The molecule has 0 saturated carbocycles. The number of aryl methyl sites for hydroxylation is 1. The second-order valence-electron chi connectivity index (χ2n) is 5.54. The lowest BCUT2D eigenvalue weighted by molar-refractivity contribution is 0.114. The highest BCUT2D eigenvalue weighted by molar-refractivity contribution is 7.80. The monoisotopic (exact) mass is 328 g/mol. The van der Waals surface area contributed by atoms with Gasteiger partial charge >= 0.3 is 0 Å². The van der Waals surface area contributed by atoms with Crippen LogP contribution in [0.1, 0.15) is 18.7 Å². The van der Waals surface area contributed by atoms with Crippen LogP contribution in [0.5, 0.6) is 0 Å². The van der Waals surface area contributed by atoms with E-state index in [9.17, 15) is 0 Å².